The van der Waals surface area contributed by atoms with Gasteiger partial charge >= 0.3 is 0 Å². The summed E-state index contributed by atoms with van der Waals surface area (Å²) in [4.78, 5) is 0.0800. The van der Waals surface area contributed by atoms with Crippen LogP contribution in [-0.4, -0.2) is 20.1 Å². The zero-order valence-corrected chi connectivity index (χ0v) is 12.7. The van der Waals surface area contributed by atoms with E-state index in [-0.39, 0.29) is 10.7 Å². The van der Waals surface area contributed by atoms with Crippen LogP contribution in [0.4, 0.5) is 11.4 Å². The van der Waals surface area contributed by atoms with Crippen LogP contribution in [0.3, 0.4) is 0 Å². The first-order valence-electron chi connectivity index (χ1n) is 6.34. The molecular weight excluding hydrogens is 290 g/mol. The first-order valence-corrected chi connectivity index (χ1v) is 7.83. The molecular formula is C14H17N3O3S. The van der Waals surface area contributed by atoms with Crippen LogP contribution in [0.15, 0.2) is 46.3 Å². The lowest BCUT2D eigenvalue weighted by Gasteiger charge is -2.09. The second-order valence-corrected chi connectivity index (χ2v) is 6.12. The van der Waals surface area contributed by atoms with Crippen molar-refractivity contribution in [3.8, 4) is 0 Å². The maximum Gasteiger partial charge on any atom is 0.267 e. The zero-order chi connectivity index (χ0) is 15.5. The molecule has 6 nitrogen and oxygen atoms in total. The molecule has 1 aromatic carbocycles. The summed E-state index contributed by atoms with van der Waals surface area (Å²) >= 11 is 0. The molecule has 2 aromatic rings. The largest absolute Gasteiger partial charge is 0.382 e. The van der Waals surface area contributed by atoms with Crippen molar-refractivity contribution in [1.82, 2.24) is 5.16 Å². The summed E-state index contributed by atoms with van der Waals surface area (Å²) in [5.74, 6) is 0.268. The van der Waals surface area contributed by atoms with Crippen LogP contribution in [0, 0.1) is 13.8 Å². The van der Waals surface area contributed by atoms with E-state index in [9.17, 15) is 8.42 Å². The van der Waals surface area contributed by atoms with E-state index in [1.807, 2.05) is 0 Å². The van der Waals surface area contributed by atoms with Crippen molar-refractivity contribution in [3.05, 3.63) is 48.4 Å². The van der Waals surface area contributed by atoms with Gasteiger partial charge in [-0.15, -0.1) is 6.58 Å². The van der Waals surface area contributed by atoms with Gasteiger partial charge in [0, 0.05) is 17.9 Å². The van der Waals surface area contributed by atoms with Gasteiger partial charge in [-0.25, -0.2) is 8.42 Å². The summed E-state index contributed by atoms with van der Waals surface area (Å²) in [5.41, 5.74) is 1.69. The minimum Gasteiger partial charge on any atom is -0.382 e. The SMILES string of the molecule is C=CCNc1ccc(NS(=O)(=O)c2c(C)noc2C)cc1. The lowest BCUT2D eigenvalue weighted by molar-refractivity contribution is 0.390. The molecule has 0 bridgehead atoms. The Balaban J connectivity index is 2.19. The number of nitrogens with one attached hydrogen (secondary N) is 2. The van der Waals surface area contributed by atoms with Gasteiger partial charge in [0.05, 0.1) is 0 Å². The number of rotatable bonds is 6. The number of anilines is 2. The van der Waals surface area contributed by atoms with E-state index in [1.165, 1.54) is 0 Å². The molecule has 7 heteroatoms. The van der Waals surface area contributed by atoms with Crippen molar-refractivity contribution in [3.63, 3.8) is 0 Å². The Kier molecular flexibility index (Phi) is 4.32. The summed E-state index contributed by atoms with van der Waals surface area (Å²) < 4.78 is 32.0. The van der Waals surface area contributed by atoms with Gasteiger partial charge in [-0.3, -0.25) is 4.72 Å². The number of hydrogen-bond acceptors (Lipinski definition) is 5. The molecule has 112 valence electrons. The highest BCUT2D eigenvalue weighted by atomic mass is 32.2. The highest BCUT2D eigenvalue weighted by Gasteiger charge is 2.24. The van der Waals surface area contributed by atoms with Gasteiger partial charge in [0.1, 0.15) is 5.69 Å². The first-order chi connectivity index (χ1) is 9.94. The molecule has 0 fully saturated rings. The molecule has 2 rings (SSSR count). The van der Waals surface area contributed by atoms with Crippen LogP contribution in [-0.2, 0) is 10.0 Å². The normalized spacial score (nSPS) is 11.1. The maximum atomic E-state index is 12.3. The second-order valence-electron chi connectivity index (χ2n) is 4.51. The van der Waals surface area contributed by atoms with Gasteiger partial charge in [0.2, 0.25) is 0 Å². The van der Waals surface area contributed by atoms with Crippen LogP contribution in [0.1, 0.15) is 11.5 Å². The topological polar surface area (TPSA) is 84.2 Å². The van der Waals surface area contributed by atoms with Crippen molar-refractivity contribution in [2.75, 3.05) is 16.6 Å². The third kappa shape index (κ3) is 3.43. The summed E-state index contributed by atoms with van der Waals surface area (Å²) in [7, 11) is -3.70. The fourth-order valence-electron chi connectivity index (χ4n) is 1.91. The average Bonchev–Trinajstić information content (AvgIpc) is 2.77. The van der Waals surface area contributed by atoms with Gasteiger partial charge < -0.3 is 9.84 Å². The fourth-order valence-corrected chi connectivity index (χ4v) is 3.30. The summed E-state index contributed by atoms with van der Waals surface area (Å²) in [5, 5.41) is 6.77. The Morgan fingerprint density at radius 3 is 2.38 bits per heavy atom. The third-order valence-electron chi connectivity index (χ3n) is 2.82. The Bertz CT molecular complexity index is 714. The molecule has 0 saturated carbocycles. The molecule has 0 aliphatic carbocycles. The maximum absolute atomic E-state index is 12.3. The average molecular weight is 307 g/mol. The molecule has 0 aliphatic rings. The molecule has 0 atom stereocenters. The summed E-state index contributed by atoms with van der Waals surface area (Å²) in [6, 6.07) is 6.94. The van der Waals surface area contributed by atoms with Crippen molar-refractivity contribution in [2.45, 2.75) is 18.7 Å². The van der Waals surface area contributed by atoms with E-state index >= 15 is 0 Å². The van der Waals surface area contributed by atoms with Gasteiger partial charge in [-0.2, -0.15) is 0 Å². The van der Waals surface area contributed by atoms with E-state index in [1.54, 1.807) is 44.2 Å². The number of sulfonamides is 1. The van der Waals surface area contributed by atoms with E-state index in [2.05, 4.69) is 21.8 Å². The van der Waals surface area contributed by atoms with E-state index < -0.39 is 10.0 Å². The molecule has 1 heterocycles. The van der Waals surface area contributed by atoms with E-state index in [4.69, 9.17) is 4.52 Å². The number of aromatic nitrogens is 1. The summed E-state index contributed by atoms with van der Waals surface area (Å²) in [6.45, 7) is 7.42. The van der Waals surface area contributed by atoms with Crippen LogP contribution >= 0.6 is 0 Å². The van der Waals surface area contributed by atoms with Crippen molar-refractivity contribution in [2.24, 2.45) is 0 Å². The zero-order valence-electron chi connectivity index (χ0n) is 11.9. The quantitative estimate of drug-likeness (QED) is 0.802. The predicted molar refractivity (Wildman–Crippen MR) is 81.9 cm³/mol. The lowest BCUT2D eigenvalue weighted by atomic mass is 10.3. The smallest absolute Gasteiger partial charge is 0.267 e. The number of aryl methyl sites for hydroxylation is 2. The monoisotopic (exact) mass is 307 g/mol. The second kappa shape index (κ2) is 6.01. The van der Waals surface area contributed by atoms with Crippen molar-refractivity contribution >= 4 is 21.4 Å². The Labute approximate surface area is 123 Å². The molecule has 0 spiro atoms. The molecule has 1 aromatic heterocycles. The van der Waals surface area contributed by atoms with Gasteiger partial charge in [0.25, 0.3) is 10.0 Å². The highest BCUT2D eigenvalue weighted by molar-refractivity contribution is 7.92. The van der Waals surface area contributed by atoms with E-state index in [0.717, 1.165) is 5.69 Å². The molecule has 0 saturated heterocycles. The molecule has 0 unspecified atom stereocenters. The standard InChI is InChI=1S/C14H17N3O3S/c1-4-9-15-12-5-7-13(8-6-12)17-21(18,19)14-10(2)16-20-11(14)3/h4-8,15,17H,1,9H2,2-3H3. The van der Waals surface area contributed by atoms with Crippen molar-refractivity contribution < 1.29 is 12.9 Å². The fraction of sp³-hybridized carbons (Fsp3) is 0.214. The molecule has 0 amide bonds. The van der Waals surface area contributed by atoms with Crippen LogP contribution < -0.4 is 10.0 Å². The third-order valence-corrected chi connectivity index (χ3v) is 4.45. The summed E-state index contributed by atoms with van der Waals surface area (Å²) in [6.07, 6.45) is 1.74. The van der Waals surface area contributed by atoms with Gasteiger partial charge in [0.15, 0.2) is 10.7 Å². The van der Waals surface area contributed by atoms with Gasteiger partial charge in [-0.05, 0) is 38.1 Å². The number of hydrogen-bond donors (Lipinski definition) is 2. The van der Waals surface area contributed by atoms with Crippen LogP contribution in [0.2, 0.25) is 0 Å². The molecule has 21 heavy (non-hydrogen) atoms. The van der Waals surface area contributed by atoms with Gasteiger partial charge in [-0.1, -0.05) is 11.2 Å². The molecule has 0 aliphatic heterocycles. The predicted octanol–water partition coefficient (Wildman–Crippen LogP) is 2.69. The minimum absolute atomic E-state index is 0.0800. The van der Waals surface area contributed by atoms with Crippen LogP contribution in [0.5, 0.6) is 0 Å². The first kappa shape index (κ1) is 15.1. The van der Waals surface area contributed by atoms with Crippen molar-refractivity contribution in [1.29, 1.82) is 0 Å². The lowest BCUT2D eigenvalue weighted by Crippen LogP contribution is -2.14. The Morgan fingerprint density at radius 2 is 1.86 bits per heavy atom. The Hall–Kier alpha value is -2.28. The molecule has 0 radical (unpaired) electrons. The Morgan fingerprint density at radius 1 is 1.24 bits per heavy atom. The number of benzene rings is 1. The van der Waals surface area contributed by atoms with Crippen LogP contribution in [0.25, 0.3) is 0 Å². The van der Waals surface area contributed by atoms with E-state index in [0.29, 0.717) is 17.9 Å². The number of nitrogens with zero attached hydrogens (tertiary/aromatic N) is 1. The molecule has 2 N–H and O–H groups in total. The highest BCUT2D eigenvalue weighted by Crippen LogP contribution is 2.23. The minimum atomic E-state index is -3.70.